The zero-order valence-corrected chi connectivity index (χ0v) is 23.5. The van der Waals surface area contributed by atoms with Gasteiger partial charge in [-0.05, 0) is 84.4 Å². The number of benzene rings is 3. The molecule has 5 rings (SSSR count). The minimum Gasteiger partial charge on any atom is -0.495 e. The van der Waals surface area contributed by atoms with Crippen molar-refractivity contribution in [2.75, 3.05) is 12.4 Å². The van der Waals surface area contributed by atoms with Crippen LogP contribution in [0, 0.1) is 0 Å². The molecule has 3 aromatic carbocycles. The number of furan rings is 1. The molecule has 0 atom stereocenters. The van der Waals surface area contributed by atoms with Crippen LogP contribution in [0.25, 0.3) is 33.9 Å². The Morgan fingerprint density at radius 1 is 0.949 bits per heavy atom. The Balaban J connectivity index is 1.32. The van der Waals surface area contributed by atoms with Gasteiger partial charge >= 0.3 is 0 Å². The van der Waals surface area contributed by atoms with Crippen LogP contribution in [0.1, 0.15) is 35.9 Å². The van der Waals surface area contributed by atoms with Crippen molar-refractivity contribution >= 4 is 63.2 Å². The van der Waals surface area contributed by atoms with Gasteiger partial charge in [-0.3, -0.25) is 10.1 Å². The first-order valence-electron chi connectivity index (χ1n) is 12.0. The average molecular weight is 580 g/mol. The third kappa shape index (κ3) is 5.78. The summed E-state index contributed by atoms with van der Waals surface area (Å²) in [5, 5.41) is 6.51. The van der Waals surface area contributed by atoms with Crippen molar-refractivity contribution in [2.45, 2.75) is 19.8 Å². The van der Waals surface area contributed by atoms with Crippen LogP contribution in [-0.4, -0.2) is 23.1 Å². The van der Waals surface area contributed by atoms with Crippen LogP contribution in [0.5, 0.6) is 5.75 Å². The molecule has 0 aliphatic carbocycles. The Morgan fingerprint density at radius 2 is 1.74 bits per heavy atom. The second kappa shape index (κ2) is 11.1. The number of hydrogen-bond acceptors (Lipinski definition) is 6. The quantitative estimate of drug-likeness (QED) is 0.195. The monoisotopic (exact) mass is 579 g/mol. The van der Waals surface area contributed by atoms with Crippen molar-refractivity contribution < 1.29 is 18.4 Å². The molecule has 5 aromatic rings. The molecule has 0 spiro atoms. The fourth-order valence-corrected chi connectivity index (χ4v) is 4.45. The highest BCUT2D eigenvalue weighted by molar-refractivity contribution is 7.80. The number of hydrogen-bond donors (Lipinski definition) is 2. The number of anilines is 1. The molecule has 0 aliphatic rings. The SMILES string of the molecule is COc1ccc(-c2nc3cc(C(C)C)ccc3o2)cc1NC(=S)NC(=O)c1ccc(-c2ccc(Cl)c(Cl)c2)o1. The van der Waals surface area contributed by atoms with Crippen molar-refractivity contribution in [1.82, 2.24) is 10.3 Å². The summed E-state index contributed by atoms with van der Waals surface area (Å²) in [5.41, 5.74) is 4.59. The highest BCUT2D eigenvalue weighted by Crippen LogP contribution is 2.33. The molecular weight excluding hydrogens is 557 g/mol. The fourth-order valence-electron chi connectivity index (χ4n) is 3.95. The largest absolute Gasteiger partial charge is 0.495 e. The number of halogens is 2. The van der Waals surface area contributed by atoms with Gasteiger partial charge in [0.25, 0.3) is 5.91 Å². The van der Waals surface area contributed by atoms with Crippen LogP contribution in [0.2, 0.25) is 10.0 Å². The number of nitrogens with one attached hydrogen (secondary N) is 2. The molecule has 7 nitrogen and oxygen atoms in total. The Labute approximate surface area is 240 Å². The van der Waals surface area contributed by atoms with Crippen molar-refractivity contribution in [3.8, 4) is 28.5 Å². The van der Waals surface area contributed by atoms with Crippen LogP contribution in [0.15, 0.2) is 75.6 Å². The van der Waals surface area contributed by atoms with Crippen LogP contribution in [-0.2, 0) is 0 Å². The number of aromatic nitrogens is 1. The zero-order valence-electron chi connectivity index (χ0n) is 21.2. The molecule has 10 heteroatoms. The first-order chi connectivity index (χ1) is 18.7. The van der Waals surface area contributed by atoms with E-state index in [-0.39, 0.29) is 10.9 Å². The Kier molecular flexibility index (Phi) is 7.61. The summed E-state index contributed by atoms with van der Waals surface area (Å²) in [7, 11) is 1.54. The fraction of sp³-hybridized carbons (Fsp3) is 0.138. The lowest BCUT2D eigenvalue weighted by Gasteiger charge is -2.13. The van der Waals surface area contributed by atoms with Gasteiger partial charge in [0.1, 0.15) is 17.0 Å². The van der Waals surface area contributed by atoms with E-state index in [1.54, 1.807) is 49.6 Å². The van der Waals surface area contributed by atoms with E-state index in [9.17, 15) is 4.79 Å². The smallest absolute Gasteiger partial charge is 0.293 e. The third-order valence-electron chi connectivity index (χ3n) is 6.03. The highest BCUT2D eigenvalue weighted by atomic mass is 35.5. The first kappa shape index (κ1) is 26.7. The molecule has 2 heterocycles. The average Bonchev–Trinajstić information content (AvgIpc) is 3.57. The standard InChI is InChI=1S/C29H23Cl2N3O4S/c1-15(2)16-5-9-25-22(13-16)32-28(38-25)18-6-8-24(36-3)21(14-18)33-29(39)34-27(35)26-11-10-23(37-26)17-4-7-19(30)20(31)12-17/h4-15H,1-3H3,(H2,33,34,35,39). The summed E-state index contributed by atoms with van der Waals surface area (Å²) in [6, 6.07) is 19.7. The molecule has 198 valence electrons. The zero-order chi connectivity index (χ0) is 27.7. The Morgan fingerprint density at radius 3 is 2.49 bits per heavy atom. The van der Waals surface area contributed by atoms with Crippen LogP contribution < -0.4 is 15.4 Å². The predicted octanol–water partition coefficient (Wildman–Crippen LogP) is 8.32. The highest BCUT2D eigenvalue weighted by Gasteiger charge is 2.17. The van der Waals surface area contributed by atoms with Gasteiger partial charge in [-0.2, -0.15) is 0 Å². The van der Waals surface area contributed by atoms with Crippen molar-refractivity contribution in [2.24, 2.45) is 0 Å². The van der Waals surface area contributed by atoms with E-state index in [4.69, 9.17) is 49.0 Å². The summed E-state index contributed by atoms with van der Waals surface area (Å²) >= 11 is 17.5. The number of ether oxygens (including phenoxy) is 1. The van der Waals surface area contributed by atoms with E-state index in [1.165, 1.54) is 5.56 Å². The molecule has 0 aliphatic heterocycles. The molecule has 0 bridgehead atoms. The van der Waals surface area contributed by atoms with Gasteiger partial charge < -0.3 is 18.9 Å². The molecule has 0 unspecified atom stereocenters. The van der Waals surface area contributed by atoms with E-state index >= 15 is 0 Å². The molecule has 2 N–H and O–H groups in total. The Bertz CT molecular complexity index is 1710. The topological polar surface area (TPSA) is 89.5 Å². The normalized spacial score (nSPS) is 11.1. The predicted molar refractivity (Wildman–Crippen MR) is 158 cm³/mol. The molecule has 0 radical (unpaired) electrons. The van der Waals surface area contributed by atoms with Gasteiger partial charge in [0, 0.05) is 11.1 Å². The molecule has 0 saturated carbocycles. The third-order valence-corrected chi connectivity index (χ3v) is 6.98. The van der Waals surface area contributed by atoms with E-state index in [0.717, 1.165) is 5.52 Å². The van der Waals surface area contributed by atoms with Crippen LogP contribution in [0.3, 0.4) is 0 Å². The number of amides is 1. The van der Waals surface area contributed by atoms with E-state index in [2.05, 4.69) is 29.5 Å². The first-order valence-corrected chi connectivity index (χ1v) is 13.1. The number of rotatable bonds is 6. The van der Waals surface area contributed by atoms with Crippen LogP contribution in [0.4, 0.5) is 5.69 Å². The van der Waals surface area contributed by atoms with E-state index < -0.39 is 5.91 Å². The van der Waals surface area contributed by atoms with Gasteiger partial charge in [-0.15, -0.1) is 0 Å². The van der Waals surface area contributed by atoms with Crippen molar-refractivity contribution in [1.29, 1.82) is 0 Å². The maximum atomic E-state index is 12.8. The lowest BCUT2D eigenvalue weighted by Crippen LogP contribution is -2.34. The number of nitrogens with zero attached hydrogens (tertiary/aromatic N) is 1. The lowest BCUT2D eigenvalue weighted by molar-refractivity contribution is 0.0951. The Hall–Kier alpha value is -3.85. The second-order valence-electron chi connectivity index (χ2n) is 9.02. The summed E-state index contributed by atoms with van der Waals surface area (Å²) < 4.78 is 17.2. The molecule has 0 fully saturated rings. The molecule has 2 aromatic heterocycles. The lowest BCUT2D eigenvalue weighted by atomic mass is 10.0. The summed E-state index contributed by atoms with van der Waals surface area (Å²) in [6.45, 7) is 4.26. The number of carbonyl (C=O) groups excluding carboxylic acids is 1. The van der Waals surface area contributed by atoms with Gasteiger partial charge in [0.2, 0.25) is 5.89 Å². The molecule has 39 heavy (non-hydrogen) atoms. The maximum absolute atomic E-state index is 12.8. The minimum absolute atomic E-state index is 0.0575. The number of fused-ring (bicyclic) bond motifs is 1. The maximum Gasteiger partial charge on any atom is 0.293 e. The minimum atomic E-state index is -0.520. The van der Waals surface area contributed by atoms with Gasteiger partial charge in [0.15, 0.2) is 16.5 Å². The summed E-state index contributed by atoms with van der Waals surface area (Å²) in [4.78, 5) is 17.5. The van der Waals surface area contributed by atoms with E-state index in [0.29, 0.717) is 55.8 Å². The van der Waals surface area contributed by atoms with Gasteiger partial charge in [-0.25, -0.2) is 4.98 Å². The van der Waals surface area contributed by atoms with Gasteiger partial charge in [0.05, 0.1) is 22.8 Å². The number of oxazole rings is 1. The molecular formula is C29H23Cl2N3O4S. The van der Waals surface area contributed by atoms with E-state index in [1.807, 2.05) is 24.3 Å². The van der Waals surface area contributed by atoms with Crippen molar-refractivity contribution in [3.05, 3.63) is 88.1 Å². The summed E-state index contributed by atoms with van der Waals surface area (Å²) in [5.74, 6) is 1.38. The van der Waals surface area contributed by atoms with Crippen molar-refractivity contribution in [3.63, 3.8) is 0 Å². The number of methoxy groups -OCH3 is 1. The molecule has 0 saturated heterocycles. The van der Waals surface area contributed by atoms with Crippen LogP contribution >= 0.6 is 35.4 Å². The second-order valence-corrected chi connectivity index (χ2v) is 10.2. The molecule has 1 amide bonds. The van der Waals surface area contributed by atoms with Gasteiger partial charge in [-0.1, -0.05) is 43.1 Å². The number of carbonyl (C=O) groups is 1. The summed E-state index contributed by atoms with van der Waals surface area (Å²) in [6.07, 6.45) is 0. The number of thiocarbonyl (C=S) groups is 1.